The van der Waals surface area contributed by atoms with E-state index in [1.54, 1.807) is 0 Å². The van der Waals surface area contributed by atoms with Gasteiger partial charge < -0.3 is 10.1 Å². The van der Waals surface area contributed by atoms with E-state index in [4.69, 9.17) is 5.21 Å². The largest absolute Gasteiger partial charge is 0.411 e. The van der Waals surface area contributed by atoms with Crippen molar-refractivity contribution >= 4 is 5.71 Å². The average Bonchev–Trinajstić information content (AvgIpc) is 2.16. The Kier molecular flexibility index (Phi) is 5.60. The lowest BCUT2D eigenvalue weighted by atomic mass is 10.1. The lowest BCUT2D eigenvalue weighted by molar-refractivity contribution is 0.257. The molecule has 0 atom stereocenters. The van der Waals surface area contributed by atoms with Crippen molar-refractivity contribution in [1.29, 1.82) is 0 Å². The molecule has 0 amide bonds. The summed E-state index contributed by atoms with van der Waals surface area (Å²) in [7, 11) is 0. The van der Waals surface area contributed by atoms with Gasteiger partial charge >= 0.3 is 0 Å². The van der Waals surface area contributed by atoms with Crippen molar-refractivity contribution in [1.82, 2.24) is 4.90 Å². The highest BCUT2D eigenvalue weighted by Crippen LogP contribution is 2.09. The first-order valence-electron chi connectivity index (χ1n) is 5.79. The molecule has 0 radical (unpaired) electrons. The maximum Gasteiger partial charge on any atom is 0.0571 e. The minimum atomic E-state index is 0.971. The molecule has 1 aliphatic rings. The van der Waals surface area contributed by atoms with Crippen LogP contribution in [0, 0.1) is 0 Å². The third kappa shape index (κ3) is 4.09. The van der Waals surface area contributed by atoms with E-state index in [1.807, 2.05) is 0 Å². The normalized spacial score (nSPS) is 20.2. The maximum absolute atomic E-state index is 8.69. The Morgan fingerprint density at radius 2 is 1.93 bits per heavy atom. The second-order valence-electron chi connectivity index (χ2n) is 4.07. The first-order valence-corrected chi connectivity index (χ1v) is 5.79. The van der Waals surface area contributed by atoms with Gasteiger partial charge in [0.2, 0.25) is 0 Å². The van der Waals surface area contributed by atoms with Crippen LogP contribution in [0.5, 0.6) is 0 Å². The Bertz CT molecular complexity index is 168. The second kappa shape index (κ2) is 6.82. The summed E-state index contributed by atoms with van der Waals surface area (Å²) >= 11 is 0. The fourth-order valence-electron chi connectivity index (χ4n) is 1.96. The Labute approximate surface area is 86.8 Å². The molecule has 0 spiro atoms. The zero-order chi connectivity index (χ0) is 10.2. The number of likely N-dealkylation sites (tertiary alicyclic amines) is 1. The van der Waals surface area contributed by atoms with Gasteiger partial charge in [-0.05, 0) is 51.7 Å². The van der Waals surface area contributed by atoms with Crippen LogP contribution in [0.25, 0.3) is 0 Å². The van der Waals surface area contributed by atoms with Gasteiger partial charge in [0.1, 0.15) is 0 Å². The number of unbranched alkanes of at least 4 members (excludes halogenated alkanes) is 1. The summed E-state index contributed by atoms with van der Waals surface area (Å²) in [5, 5.41) is 12.0. The summed E-state index contributed by atoms with van der Waals surface area (Å²) < 4.78 is 0. The molecule has 1 aliphatic heterocycles. The molecule has 1 heterocycles. The first-order chi connectivity index (χ1) is 6.86. The monoisotopic (exact) mass is 198 g/mol. The van der Waals surface area contributed by atoms with Crippen LogP contribution < -0.4 is 0 Å². The van der Waals surface area contributed by atoms with Crippen LogP contribution in [-0.4, -0.2) is 35.5 Å². The molecule has 0 aliphatic carbocycles. The van der Waals surface area contributed by atoms with E-state index in [-0.39, 0.29) is 0 Å². The van der Waals surface area contributed by atoms with Crippen LogP contribution in [0.15, 0.2) is 5.16 Å². The van der Waals surface area contributed by atoms with Crippen molar-refractivity contribution in [3.63, 3.8) is 0 Å². The molecule has 0 aromatic carbocycles. The number of hydrogen-bond donors (Lipinski definition) is 1. The summed E-state index contributed by atoms with van der Waals surface area (Å²) in [4.78, 5) is 2.54. The minimum Gasteiger partial charge on any atom is -0.411 e. The summed E-state index contributed by atoms with van der Waals surface area (Å²) in [6.07, 6.45) is 6.81. The van der Waals surface area contributed by atoms with E-state index in [1.165, 1.54) is 32.5 Å². The van der Waals surface area contributed by atoms with E-state index in [0.717, 1.165) is 31.4 Å². The molecule has 1 fully saturated rings. The summed E-state index contributed by atoms with van der Waals surface area (Å²) in [6.45, 7) is 5.81. The highest BCUT2D eigenvalue weighted by molar-refractivity contribution is 5.83. The molecule has 82 valence electrons. The van der Waals surface area contributed by atoms with Gasteiger partial charge in [-0.3, -0.25) is 0 Å². The molecule has 0 unspecified atom stereocenters. The van der Waals surface area contributed by atoms with Crippen molar-refractivity contribution < 1.29 is 5.21 Å². The quantitative estimate of drug-likeness (QED) is 0.558. The number of rotatable bonds is 3. The molecule has 0 aromatic rings. The predicted molar refractivity (Wildman–Crippen MR) is 59.0 cm³/mol. The van der Waals surface area contributed by atoms with Gasteiger partial charge in [-0.15, -0.1) is 0 Å². The molecule has 0 saturated carbocycles. The van der Waals surface area contributed by atoms with Crippen molar-refractivity contribution in [2.24, 2.45) is 5.16 Å². The van der Waals surface area contributed by atoms with Crippen LogP contribution in [0.2, 0.25) is 0 Å². The molecule has 1 rings (SSSR count). The molecular formula is C11H22N2O. The van der Waals surface area contributed by atoms with Gasteiger partial charge in [-0.25, -0.2) is 0 Å². The molecule has 1 saturated heterocycles. The summed E-state index contributed by atoms with van der Waals surface area (Å²) in [6, 6.07) is 0. The Hall–Kier alpha value is -0.570. The number of oxime groups is 1. The number of hydrogen-bond acceptors (Lipinski definition) is 3. The van der Waals surface area contributed by atoms with E-state index in [9.17, 15) is 0 Å². The highest BCUT2D eigenvalue weighted by atomic mass is 16.4. The van der Waals surface area contributed by atoms with Crippen molar-refractivity contribution in [2.45, 2.75) is 45.4 Å². The van der Waals surface area contributed by atoms with Gasteiger partial charge in [0.25, 0.3) is 0 Å². The Balaban J connectivity index is 2.25. The van der Waals surface area contributed by atoms with E-state index in [2.05, 4.69) is 17.0 Å². The fraction of sp³-hybridized carbons (Fsp3) is 0.909. The lowest BCUT2D eigenvalue weighted by Gasteiger charge is -2.24. The van der Waals surface area contributed by atoms with Crippen molar-refractivity contribution in [3.05, 3.63) is 0 Å². The van der Waals surface area contributed by atoms with Crippen LogP contribution >= 0.6 is 0 Å². The summed E-state index contributed by atoms with van der Waals surface area (Å²) in [5.74, 6) is 0. The van der Waals surface area contributed by atoms with Gasteiger partial charge in [0, 0.05) is 0 Å². The van der Waals surface area contributed by atoms with Crippen molar-refractivity contribution in [3.8, 4) is 0 Å². The van der Waals surface area contributed by atoms with E-state index in [0.29, 0.717) is 0 Å². The molecule has 1 N–H and O–H groups in total. The van der Waals surface area contributed by atoms with Gasteiger partial charge in [0.05, 0.1) is 5.71 Å². The standard InChI is InChI=1S/C11H22N2O/c1-2-3-8-13-9-4-6-11(12-14)7-5-10-13/h14H,2-10H2,1H3. The smallest absolute Gasteiger partial charge is 0.0571 e. The third-order valence-electron chi connectivity index (χ3n) is 2.85. The Morgan fingerprint density at radius 1 is 1.29 bits per heavy atom. The molecule has 0 aromatic heterocycles. The van der Waals surface area contributed by atoms with Gasteiger partial charge in [0.15, 0.2) is 0 Å². The topological polar surface area (TPSA) is 35.8 Å². The van der Waals surface area contributed by atoms with Crippen LogP contribution in [-0.2, 0) is 0 Å². The highest BCUT2D eigenvalue weighted by Gasteiger charge is 2.10. The third-order valence-corrected chi connectivity index (χ3v) is 2.85. The average molecular weight is 198 g/mol. The SMILES string of the molecule is CCCCN1CCCC(=NO)CCC1. The molecule has 0 bridgehead atoms. The van der Waals surface area contributed by atoms with Gasteiger partial charge in [-0.1, -0.05) is 18.5 Å². The van der Waals surface area contributed by atoms with Crippen LogP contribution in [0.1, 0.15) is 45.4 Å². The number of nitrogens with zero attached hydrogens (tertiary/aromatic N) is 2. The lowest BCUT2D eigenvalue weighted by Crippen LogP contribution is -2.29. The fourth-order valence-corrected chi connectivity index (χ4v) is 1.96. The second-order valence-corrected chi connectivity index (χ2v) is 4.07. The molecule has 3 heteroatoms. The van der Waals surface area contributed by atoms with Crippen molar-refractivity contribution in [2.75, 3.05) is 19.6 Å². The van der Waals surface area contributed by atoms with E-state index >= 15 is 0 Å². The molecular weight excluding hydrogens is 176 g/mol. The zero-order valence-corrected chi connectivity index (χ0v) is 9.21. The van der Waals surface area contributed by atoms with E-state index < -0.39 is 0 Å². The minimum absolute atomic E-state index is 0.971. The van der Waals surface area contributed by atoms with Gasteiger partial charge in [-0.2, -0.15) is 0 Å². The molecule has 3 nitrogen and oxygen atoms in total. The van der Waals surface area contributed by atoms with Crippen LogP contribution in [0.4, 0.5) is 0 Å². The maximum atomic E-state index is 8.69. The first kappa shape index (κ1) is 11.5. The Morgan fingerprint density at radius 3 is 2.43 bits per heavy atom. The zero-order valence-electron chi connectivity index (χ0n) is 9.21. The predicted octanol–water partition coefficient (Wildman–Crippen LogP) is 2.49. The summed E-state index contributed by atoms with van der Waals surface area (Å²) in [5.41, 5.74) is 0.986. The van der Waals surface area contributed by atoms with Crippen LogP contribution in [0.3, 0.4) is 0 Å². The molecule has 14 heavy (non-hydrogen) atoms.